The fraction of sp³-hybridized carbons (Fsp3) is 0.533. The molecule has 1 N–H and O–H groups in total. The molecule has 2 aromatic heterocycles. The van der Waals surface area contributed by atoms with Crippen molar-refractivity contribution in [2.24, 2.45) is 0 Å². The SMILES string of the molecule is CCc1cc(C(F)(F)F)c2c(=O)[nH]c(=S)n(C3CCCC3)c2n1. The van der Waals surface area contributed by atoms with Crippen LogP contribution in [0.25, 0.3) is 11.0 Å². The van der Waals surface area contributed by atoms with Crippen LogP contribution in [0.4, 0.5) is 13.2 Å². The lowest BCUT2D eigenvalue weighted by atomic mass is 10.1. The van der Waals surface area contributed by atoms with Crippen molar-refractivity contribution in [1.29, 1.82) is 0 Å². The molecule has 8 heteroatoms. The first kappa shape index (κ1) is 16.2. The van der Waals surface area contributed by atoms with E-state index in [1.165, 1.54) is 0 Å². The van der Waals surface area contributed by atoms with Gasteiger partial charge in [0.05, 0.1) is 10.9 Å². The smallest absolute Gasteiger partial charge is 0.299 e. The highest BCUT2D eigenvalue weighted by Crippen LogP contribution is 2.36. The van der Waals surface area contributed by atoms with E-state index in [2.05, 4.69) is 9.97 Å². The van der Waals surface area contributed by atoms with Crippen LogP contribution in [0.15, 0.2) is 10.9 Å². The summed E-state index contributed by atoms with van der Waals surface area (Å²) in [7, 11) is 0. The molecule has 23 heavy (non-hydrogen) atoms. The van der Waals surface area contributed by atoms with Crippen LogP contribution in [0.5, 0.6) is 0 Å². The van der Waals surface area contributed by atoms with Gasteiger partial charge in [0.25, 0.3) is 5.56 Å². The predicted octanol–water partition coefficient (Wildman–Crippen LogP) is 4.15. The highest BCUT2D eigenvalue weighted by Gasteiger charge is 2.35. The van der Waals surface area contributed by atoms with Crippen LogP contribution in [-0.4, -0.2) is 14.5 Å². The standard InChI is InChI=1S/C15H16F3N3OS/c1-2-8-7-10(15(16,17)18)11-12(19-8)21(9-5-3-4-6-9)14(23)20-13(11)22/h7,9H,2-6H2,1H3,(H,20,22,23). The largest absolute Gasteiger partial charge is 0.417 e. The number of hydrogen-bond donors (Lipinski definition) is 1. The maximum atomic E-state index is 13.4. The number of nitrogens with one attached hydrogen (secondary N) is 1. The quantitative estimate of drug-likeness (QED) is 0.834. The molecule has 4 nitrogen and oxygen atoms in total. The van der Waals surface area contributed by atoms with Crippen LogP contribution in [0.2, 0.25) is 0 Å². The maximum absolute atomic E-state index is 13.4. The Morgan fingerprint density at radius 1 is 1.39 bits per heavy atom. The molecule has 124 valence electrons. The first-order valence-corrected chi connectivity index (χ1v) is 7.99. The van der Waals surface area contributed by atoms with E-state index in [1.54, 1.807) is 11.5 Å². The van der Waals surface area contributed by atoms with E-state index in [0.717, 1.165) is 31.7 Å². The number of fused-ring (bicyclic) bond motifs is 1. The number of H-pyrrole nitrogens is 1. The zero-order valence-corrected chi connectivity index (χ0v) is 13.4. The molecule has 1 fully saturated rings. The van der Waals surface area contributed by atoms with Crippen LogP contribution in [-0.2, 0) is 12.6 Å². The van der Waals surface area contributed by atoms with Crippen molar-refractivity contribution in [3.05, 3.63) is 32.4 Å². The van der Waals surface area contributed by atoms with Crippen molar-refractivity contribution in [3.63, 3.8) is 0 Å². The van der Waals surface area contributed by atoms with Gasteiger partial charge in [0, 0.05) is 11.7 Å². The molecule has 0 radical (unpaired) electrons. The monoisotopic (exact) mass is 343 g/mol. The van der Waals surface area contributed by atoms with E-state index in [4.69, 9.17) is 12.2 Å². The van der Waals surface area contributed by atoms with Crippen LogP contribution < -0.4 is 5.56 Å². The van der Waals surface area contributed by atoms with Gasteiger partial charge in [-0.1, -0.05) is 19.8 Å². The molecule has 0 spiro atoms. The van der Waals surface area contributed by atoms with E-state index in [1.807, 2.05) is 0 Å². The second kappa shape index (κ2) is 5.74. The Bertz CT molecular complexity index is 863. The molecule has 2 aromatic rings. The molecule has 1 saturated carbocycles. The molecular formula is C15H16F3N3OS. The number of aryl methyl sites for hydroxylation is 1. The van der Waals surface area contributed by atoms with Gasteiger partial charge in [0.15, 0.2) is 4.77 Å². The molecule has 0 amide bonds. The van der Waals surface area contributed by atoms with Gasteiger partial charge in [-0.3, -0.25) is 14.3 Å². The number of aromatic nitrogens is 3. The summed E-state index contributed by atoms with van der Waals surface area (Å²) >= 11 is 5.21. The van der Waals surface area contributed by atoms with Gasteiger partial charge in [-0.25, -0.2) is 4.98 Å². The first-order chi connectivity index (χ1) is 10.8. The summed E-state index contributed by atoms with van der Waals surface area (Å²) in [4.78, 5) is 18.9. The molecule has 0 aliphatic heterocycles. The molecule has 0 unspecified atom stereocenters. The van der Waals surface area contributed by atoms with Crippen LogP contribution >= 0.6 is 12.2 Å². The normalized spacial score (nSPS) is 16.3. The molecular weight excluding hydrogens is 327 g/mol. The number of alkyl halides is 3. The molecule has 2 heterocycles. The predicted molar refractivity (Wildman–Crippen MR) is 83.1 cm³/mol. The molecule has 0 aromatic carbocycles. The van der Waals surface area contributed by atoms with Crippen molar-refractivity contribution in [2.45, 2.75) is 51.2 Å². The van der Waals surface area contributed by atoms with Crippen LogP contribution in [0, 0.1) is 4.77 Å². The summed E-state index contributed by atoms with van der Waals surface area (Å²) in [5, 5.41) is -0.421. The Labute approximate surface area is 135 Å². The maximum Gasteiger partial charge on any atom is 0.417 e. The average molecular weight is 343 g/mol. The second-order valence-corrected chi connectivity index (χ2v) is 6.17. The highest BCUT2D eigenvalue weighted by molar-refractivity contribution is 7.71. The first-order valence-electron chi connectivity index (χ1n) is 7.58. The minimum Gasteiger partial charge on any atom is -0.299 e. The molecule has 1 aliphatic rings. The van der Waals surface area contributed by atoms with E-state index < -0.39 is 22.7 Å². The zero-order chi connectivity index (χ0) is 16.8. The lowest BCUT2D eigenvalue weighted by Crippen LogP contribution is -2.22. The summed E-state index contributed by atoms with van der Waals surface area (Å²) < 4.78 is 42.0. The van der Waals surface area contributed by atoms with Gasteiger partial charge in [0.2, 0.25) is 0 Å². The van der Waals surface area contributed by atoms with Gasteiger partial charge in [-0.2, -0.15) is 13.2 Å². The van der Waals surface area contributed by atoms with E-state index >= 15 is 0 Å². The zero-order valence-electron chi connectivity index (χ0n) is 12.5. The summed E-state index contributed by atoms with van der Waals surface area (Å²) in [6, 6.07) is 0.946. The Morgan fingerprint density at radius 3 is 2.61 bits per heavy atom. The van der Waals surface area contributed by atoms with Gasteiger partial charge in [-0.15, -0.1) is 0 Å². The lowest BCUT2D eigenvalue weighted by molar-refractivity contribution is -0.136. The summed E-state index contributed by atoms with van der Waals surface area (Å²) in [6.45, 7) is 1.73. The van der Waals surface area contributed by atoms with Gasteiger partial charge in [-0.05, 0) is 37.5 Å². The van der Waals surface area contributed by atoms with Crippen molar-refractivity contribution >= 4 is 23.3 Å². The summed E-state index contributed by atoms with van der Waals surface area (Å²) in [6.07, 6.45) is -0.624. The minimum atomic E-state index is -4.62. The molecule has 0 bridgehead atoms. The third-order valence-electron chi connectivity index (χ3n) is 4.31. The molecule has 0 saturated heterocycles. The Balaban J connectivity index is 2.45. The van der Waals surface area contributed by atoms with E-state index in [-0.39, 0.29) is 16.5 Å². The van der Waals surface area contributed by atoms with Crippen molar-refractivity contribution in [2.75, 3.05) is 0 Å². The summed E-state index contributed by atoms with van der Waals surface area (Å²) in [5.41, 5.74) is -1.42. The number of nitrogens with zero attached hydrogens (tertiary/aromatic N) is 2. The third kappa shape index (κ3) is 2.80. The van der Waals surface area contributed by atoms with E-state index in [9.17, 15) is 18.0 Å². The van der Waals surface area contributed by atoms with Gasteiger partial charge < -0.3 is 0 Å². The van der Waals surface area contributed by atoms with Crippen molar-refractivity contribution in [3.8, 4) is 0 Å². The fourth-order valence-corrected chi connectivity index (χ4v) is 3.53. The molecule has 1 aliphatic carbocycles. The third-order valence-corrected chi connectivity index (χ3v) is 4.60. The van der Waals surface area contributed by atoms with Crippen molar-refractivity contribution in [1.82, 2.24) is 14.5 Å². The number of pyridine rings is 1. The second-order valence-electron chi connectivity index (χ2n) is 5.78. The molecule has 3 rings (SSSR count). The highest BCUT2D eigenvalue weighted by atomic mass is 32.1. The Kier molecular flexibility index (Phi) is 4.03. The fourth-order valence-electron chi connectivity index (χ4n) is 3.20. The van der Waals surface area contributed by atoms with Gasteiger partial charge >= 0.3 is 6.18 Å². The average Bonchev–Trinajstić information content (AvgIpc) is 2.98. The topological polar surface area (TPSA) is 50.7 Å². The summed E-state index contributed by atoms with van der Waals surface area (Å²) in [5.74, 6) is 0. The Morgan fingerprint density at radius 2 is 2.04 bits per heavy atom. The number of hydrogen-bond acceptors (Lipinski definition) is 3. The Hall–Kier alpha value is -1.70. The van der Waals surface area contributed by atoms with Gasteiger partial charge in [0.1, 0.15) is 5.65 Å². The van der Waals surface area contributed by atoms with E-state index in [0.29, 0.717) is 12.1 Å². The number of halogens is 3. The minimum absolute atomic E-state index is 0.0115. The van der Waals surface area contributed by atoms with Crippen molar-refractivity contribution < 1.29 is 13.2 Å². The molecule has 0 atom stereocenters. The lowest BCUT2D eigenvalue weighted by Gasteiger charge is -2.19. The van der Waals surface area contributed by atoms with Crippen LogP contribution in [0.1, 0.15) is 49.9 Å². The van der Waals surface area contributed by atoms with Crippen LogP contribution in [0.3, 0.4) is 0 Å². The number of rotatable bonds is 2. The number of aromatic amines is 1.